The second-order valence-electron chi connectivity index (χ2n) is 3.99. The molecule has 7 heteroatoms. The molecule has 2 aromatic heterocycles. The van der Waals surface area contributed by atoms with Crippen LogP contribution >= 0.6 is 38.6 Å². The summed E-state index contributed by atoms with van der Waals surface area (Å²) in [5.74, 6) is 0. The lowest BCUT2D eigenvalue weighted by Crippen LogP contribution is -2.20. The molecule has 0 amide bonds. The maximum atomic E-state index is 4.98. The molecule has 0 saturated heterocycles. The zero-order chi connectivity index (χ0) is 13.5. The van der Waals surface area contributed by atoms with Gasteiger partial charge in [0.25, 0.3) is 0 Å². The van der Waals surface area contributed by atoms with Crippen molar-refractivity contribution in [3.63, 3.8) is 0 Å². The minimum atomic E-state index is 0.760. The largest absolute Gasteiger partial charge is 0.383 e. The molecule has 0 atom stereocenters. The first-order chi connectivity index (χ1) is 9.29. The van der Waals surface area contributed by atoms with Gasteiger partial charge in [0.1, 0.15) is 10.0 Å². The second-order valence-corrected chi connectivity index (χ2v) is 7.34. The minimum Gasteiger partial charge on any atom is -0.383 e. The van der Waals surface area contributed by atoms with E-state index in [0.717, 1.165) is 51.9 Å². The number of aromatic nitrogens is 2. The van der Waals surface area contributed by atoms with Crippen LogP contribution in [0.3, 0.4) is 0 Å². The molecule has 0 aliphatic heterocycles. The van der Waals surface area contributed by atoms with E-state index >= 15 is 0 Å². The fourth-order valence-electron chi connectivity index (χ4n) is 1.56. The lowest BCUT2D eigenvalue weighted by Gasteiger charge is -2.01. The molecule has 0 saturated carbocycles. The molecular formula is C12H16BrN3OS2. The Hall–Kier alpha value is -0.340. The van der Waals surface area contributed by atoms with E-state index < -0.39 is 0 Å². The van der Waals surface area contributed by atoms with Crippen molar-refractivity contribution in [3.05, 3.63) is 20.2 Å². The quantitative estimate of drug-likeness (QED) is 0.733. The lowest BCUT2D eigenvalue weighted by molar-refractivity contribution is 0.199. The van der Waals surface area contributed by atoms with Gasteiger partial charge in [0.05, 0.1) is 10.4 Å². The first-order valence-electron chi connectivity index (χ1n) is 6.06. The fourth-order valence-corrected chi connectivity index (χ4v) is 3.64. The summed E-state index contributed by atoms with van der Waals surface area (Å²) in [5.41, 5.74) is 1.15. The summed E-state index contributed by atoms with van der Waals surface area (Å²) in [6.45, 7) is 2.65. The fraction of sp³-hybridized carbons (Fsp3) is 0.500. The van der Waals surface area contributed by atoms with Gasteiger partial charge in [0.15, 0.2) is 0 Å². The van der Waals surface area contributed by atoms with Gasteiger partial charge in [-0.05, 0) is 35.0 Å². The molecule has 0 radical (unpaired) electrons. The molecule has 4 nitrogen and oxygen atoms in total. The molecule has 2 rings (SSSR count). The number of nitrogens with one attached hydrogen (secondary N) is 1. The van der Waals surface area contributed by atoms with E-state index in [1.54, 1.807) is 29.8 Å². The molecule has 19 heavy (non-hydrogen) atoms. The average Bonchev–Trinajstić information content (AvgIpc) is 3.02. The van der Waals surface area contributed by atoms with Crippen LogP contribution in [-0.4, -0.2) is 37.0 Å². The molecule has 0 spiro atoms. The van der Waals surface area contributed by atoms with Gasteiger partial charge in [-0.2, -0.15) is 0 Å². The number of hydrogen-bond acceptors (Lipinski definition) is 6. The second kappa shape index (κ2) is 8.06. The van der Waals surface area contributed by atoms with Crippen molar-refractivity contribution in [1.29, 1.82) is 0 Å². The van der Waals surface area contributed by atoms with Crippen LogP contribution in [0.2, 0.25) is 0 Å². The molecule has 1 N–H and O–H groups in total. The molecule has 0 bridgehead atoms. The average molecular weight is 362 g/mol. The van der Waals surface area contributed by atoms with Crippen LogP contribution in [-0.2, 0) is 11.2 Å². The van der Waals surface area contributed by atoms with Crippen molar-refractivity contribution in [1.82, 2.24) is 15.5 Å². The molecule has 2 aromatic rings. The first-order valence-corrected chi connectivity index (χ1v) is 8.55. The van der Waals surface area contributed by atoms with Crippen LogP contribution in [0.15, 0.2) is 15.2 Å². The monoisotopic (exact) mass is 361 g/mol. The maximum absolute atomic E-state index is 4.98. The Morgan fingerprint density at radius 2 is 2.26 bits per heavy atom. The molecule has 104 valence electrons. The Kier molecular flexibility index (Phi) is 6.39. The van der Waals surface area contributed by atoms with Gasteiger partial charge in [-0.25, -0.2) is 0 Å². The summed E-state index contributed by atoms with van der Waals surface area (Å²) >= 11 is 6.81. The third kappa shape index (κ3) is 4.92. The van der Waals surface area contributed by atoms with Gasteiger partial charge in [-0.1, -0.05) is 11.3 Å². The highest BCUT2D eigenvalue weighted by molar-refractivity contribution is 9.11. The van der Waals surface area contributed by atoms with E-state index in [0.29, 0.717) is 0 Å². The van der Waals surface area contributed by atoms with E-state index in [4.69, 9.17) is 4.74 Å². The summed E-state index contributed by atoms with van der Waals surface area (Å²) in [6.07, 6.45) is 2.05. The molecule has 0 aromatic carbocycles. The van der Waals surface area contributed by atoms with Crippen molar-refractivity contribution in [2.24, 2.45) is 0 Å². The zero-order valence-corrected chi connectivity index (χ0v) is 13.9. The highest BCUT2D eigenvalue weighted by Gasteiger charge is 2.08. The van der Waals surface area contributed by atoms with Gasteiger partial charge in [0.2, 0.25) is 0 Å². The number of aryl methyl sites for hydroxylation is 1. The summed E-state index contributed by atoms with van der Waals surface area (Å²) in [6, 6.07) is 2.08. The number of ether oxygens (including phenoxy) is 1. The topological polar surface area (TPSA) is 47.0 Å². The van der Waals surface area contributed by atoms with Crippen molar-refractivity contribution in [2.75, 3.05) is 26.8 Å². The van der Waals surface area contributed by atoms with E-state index in [2.05, 4.69) is 42.9 Å². The number of methoxy groups -OCH3 is 1. The summed E-state index contributed by atoms with van der Waals surface area (Å²) < 4.78 is 6.10. The Labute approximate surface area is 129 Å². The standard InChI is InChI=1S/C12H16BrN3OS2/c1-17-6-5-14-4-2-3-11-15-16-12(19-11)9-7-10(13)18-8-9/h7-8,14H,2-6H2,1H3. The number of thiophene rings is 1. The maximum Gasteiger partial charge on any atom is 0.148 e. The molecule has 0 fully saturated rings. The molecular weight excluding hydrogens is 346 g/mol. The predicted molar refractivity (Wildman–Crippen MR) is 84.0 cm³/mol. The number of hydrogen-bond donors (Lipinski definition) is 1. The van der Waals surface area contributed by atoms with Crippen LogP contribution in [0.1, 0.15) is 11.4 Å². The summed E-state index contributed by atoms with van der Waals surface area (Å²) in [4.78, 5) is 0. The van der Waals surface area contributed by atoms with Crippen molar-refractivity contribution >= 4 is 38.6 Å². The number of rotatable bonds is 8. The first kappa shape index (κ1) is 15.1. The normalized spacial score (nSPS) is 11.1. The Morgan fingerprint density at radius 1 is 1.37 bits per heavy atom. The van der Waals surface area contributed by atoms with Crippen molar-refractivity contribution in [3.8, 4) is 10.6 Å². The molecule has 0 unspecified atom stereocenters. The van der Waals surface area contributed by atoms with Gasteiger partial charge in [-0.3, -0.25) is 0 Å². The van der Waals surface area contributed by atoms with Crippen LogP contribution in [0.5, 0.6) is 0 Å². The third-order valence-electron chi connectivity index (χ3n) is 2.51. The molecule has 2 heterocycles. The van der Waals surface area contributed by atoms with Crippen LogP contribution in [0.4, 0.5) is 0 Å². The molecule has 0 aliphatic rings. The van der Waals surface area contributed by atoms with Gasteiger partial charge < -0.3 is 10.1 Å². The van der Waals surface area contributed by atoms with Crippen LogP contribution in [0, 0.1) is 0 Å². The summed E-state index contributed by atoms with van der Waals surface area (Å²) in [5, 5.41) is 16.0. The highest BCUT2D eigenvalue weighted by atomic mass is 79.9. The van der Waals surface area contributed by atoms with Crippen molar-refractivity contribution in [2.45, 2.75) is 12.8 Å². The smallest absolute Gasteiger partial charge is 0.148 e. The van der Waals surface area contributed by atoms with E-state index in [1.807, 2.05) is 0 Å². The Bertz CT molecular complexity index is 501. The van der Waals surface area contributed by atoms with E-state index in [1.165, 1.54) is 0 Å². The van der Waals surface area contributed by atoms with Crippen LogP contribution < -0.4 is 5.32 Å². The molecule has 0 aliphatic carbocycles. The predicted octanol–water partition coefficient (Wildman–Crippen LogP) is 3.20. The van der Waals surface area contributed by atoms with Gasteiger partial charge >= 0.3 is 0 Å². The Morgan fingerprint density at radius 3 is 3.00 bits per heavy atom. The minimum absolute atomic E-state index is 0.760. The van der Waals surface area contributed by atoms with Gasteiger partial charge in [0, 0.05) is 31.0 Å². The number of nitrogens with zero attached hydrogens (tertiary/aromatic N) is 2. The van der Waals surface area contributed by atoms with Gasteiger partial charge in [-0.15, -0.1) is 21.5 Å². The Balaban J connectivity index is 1.75. The highest BCUT2D eigenvalue weighted by Crippen LogP contribution is 2.30. The lowest BCUT2D eigenvalue weighted by atomic mass is 10.3. The third-order valence-corrected chi connectivity index (χ3v) is 5.04. The van der Waals surface area contributed by atoms with Crippen LogP contribution in [0.25, 0.3) is 10.6 Å². The SMILES string of the molecule is COCCNCCCc1nnc(-c2csc(Br)c2)s1. The van der Waals surface area contributed by atoms with Crippen molar-refractivity contribution < 1.29 is 4.74 Å². The number of halogens is 1. The van der Waals surface area contributed by atoms with E-state index in [9.17, 15) is 0 Å². The van der Waals surface area contributed by atoms with E-state index in [-0.39, 0.29) is 0 Å². The zero-order valence-electron chi connectivity index (χ0n) is 10.7. The summed E-state index contributed by atoms with van der Waals surface area (Å²) in [7, 11) is 1.72.